The summed E-state index contributed by atoms with van der Waals surface area (Å²) in [5.74, 6) is -0.185. The van der Waals surface area contributed by atoms with Crippen LogP contribution in [0.3, 0.4) is 0 Å². The van der Waals surface area contributed by atoms with Crippen molar-refractivity contribution in [3.8, 4) is 16.9 Å². The quantitative estimate of drug-likeness (QED) is 0.485. The zero-order valence-electron chi connectivity index (χ0n) is 15.7. The van der Waals surface area contributed by atoms with Crippen molar-refractivity contribution in [2.45, 2.75) is 5.92 Å². The molecule has 1 aliphatic heterocycles. The highest BCUT2D eigenvalue weighted by atomic mass is 16.3. The summed E-state index contributed by atoms with van der Waals surface area (Å²) in [6.45, 7) is 0. The normalized spacial score (nSPS) is 15.4. The van der Waals surface area contributed by atoms with Gasteiger partial charge >= 0.3 is 0 Å². The minimum Gasteiger partial charge on any atom is -0.507 e. The predicted molar refractivity (Wildman–Crippen MR) is 115 cm³/mol. The van der Waals surface area contributed by atoms with Crippen molar-refractivity contribution in [3.05, 3.63) is 114 Å². The number of anilines is 2. The second kappa shape index (κ2) is 6.95. The second-order valence-electron chi connectivity index (χ2n) is 7.14. The molecule has 29 heavy (non-hydrogen) atoms. The van der Waals surface area contributed by atoms with Crippen molar-refractivity contribution in [1.82, 2.24) is 0 Å². The molecule has 1 atom stereocenters. The number of fused-ring (bicyclic) bond motifs is 1. The van der Waals surface area contributed by atoms with Crippen molar-refractivity contribution in [1.29, 1.82) is 0 Å². The highest BCUT2D eigenvalue weighted by Crippen LogP contribution is 2.46. The lowest BCUT2D eigenvalue weighted by Gasteiger charge is -2.18. The Morgan fingerprint density at radius 1 is 0.724 bits per heavy atom. The Kier molecular flexibility index (Phi) is 4.14. The van der Waals surface area contributed by atoms with Crippen molar-refractivity contribution in [2.24, 2.45) is 0 Å². The van der Waals surface area contributed by atoms with Crippen LogP contribution < -0.4 is 4.90 Å². The molecular formula is C26H19NO2. The van der Waals surface area contributed by atoms with Crippen molar-refractivity contribution in [3.63, 3.8) is 0 Å². The van der Waals surface area contributed by atoms with Crippen LogP contribution in [0.5, 0.6) is 5.75 Å². The monoisotopic (exact) mass is 377 g/mol. The van der Waals surface area contributed by atoms with E-state index >= 15 is 0 Å². The van der Waals surface area contributed by atoms with Crippen LogP contribution in [0.4, 0.5) is 11.4 Å². The standard InChI is InChI=1S/C26H19NO2/c28-24-16-15-19(17-22(24)18-9-3-1-4-10-18)25-21-13-7-8-14-23(21)27(26(25)29)20-11-5-2-6-12-20/h1-17,25,28H. The lowest BCUT2D eigenvalue weighted by atomic mass is 9.90. The van der Waals surface area contributed by atoms with Gasteiger partial charge < -0.3 is 5.11 Å². The molecule has 1 N–H and O–H groups in total. The molecule has 140 valence electrons. The summed E-state index contributed by atoms with van der Waals surface area (Å²) in [6, 6.07) is 32.8. The van der Waals surface area contributed by atoms with E-state index in [2.05, 4.69) is 0 Å². The number of amides is 1. The molecule has 0 aromatic heterocycles. The molecule has 3 nitrogen and oxygen atoms in total. The van der Waals surface area contributed by atoms with Gasteiger partial charge in [0.25, 0.3) is 0 Å². The molecule has 1 heterocycles. The Hall–Kier alpha value is -3.85. The van der Waals surface area contributed by atoms with Crippen molar-refractivity contribution in [2.75, 3.05) is 4.90 Å². The van der Waals surface area contributed by atoms with Crippen molar-refractivity contribution < 1.29 is 9.90 Å². The molecule has 0 saturated heterocycles. The number of hydrogen-bond acceptors (Lipinski definition) is 2. The van der Waals surface area contributed by atoms with E-state index in [-0.39, 0.29) is 11.7 Å². The summed E-state index contributed by atoms with van der Waals surface area (Å²) in [5, 5.41) is 10.4. The fourth-order valence-corrected chi connectivity index (χ4v) is 4.06. The molecule has 0 aliphatic carbocycles. The van der Waals surface area contributed by atoms with Crippen LogP contribution >= 0.6 is 0 Å². The number of carbonyl (C=O) groups is 1. The van der Waals surface area contributed by atoms with Gasteiger partial charge in [0, 0.05) is 11.3 Å². The zero-order valence-corrected chi connectivity index (χ0v) is 15.7. The predicted octanol–water partition coefficient (Wildman–Crippen LogP) is 5.87. The van der Waals surface area contributed by atoms with Gasteiger partial charge in [-0.05, 0) is 47.0 Å². The van der Waals surface area contributed by atoms with Gasteiger partial charge in [-0.1, -0.05) is 72.8 Å². The van der Waals surface area contributed by atoms with E-state index in [0.717, 1.165) is 33.6 Å². The van der Waals surface area contributed by atoms with Gasteiger partial charge in [-0.2, -0.15) is 0 Å². The first-order chi connectivity index (χ1) is 14.2. The number of rotatable bonds is 3. The molecule has 1 amide bonds. The van der Waals surface area contributed by atoms with Crippen LogP contribution in [0.25, 0.3) is 11.1 Å². The van der Waals surface area contributed by atoms with Crippen LogP contribution in [-0.2, 0) is 4.79 Å². The first-order valence-electron chi connectivity index (χ1n) is 9.60. The number of benzene rings is 4. The summed E-state index contributed by atoms with van der Waals surface area (Å²) in [5.41, 5.74) is 5.26. The molecule has 1 aliphatic rings. The topological polar surface area (TPSA) is 40.5 Å². The van der Waals surface area contributed by atoms with Crippen molar-refractivity contribution >= 4 is 17.3 Å². The van der Waals surface area contributed by atoms with Crippen LogP contribution in [0, 0.1) is 0 Å². The lowest BCUT2D eigenvalue weighted by Crippen LogP contribution is -2.24. The average molecular weight is 377 g/mol. The van der Waals surface area contributed by atoms with Gasteiger partial charge in [-0.3, -0.25) is 9.69 Å². The Morgan fingerprint density at radius 3 is 2.14 bits per heavy atom. The van der Waals surface area contributed by atoms with E-state index in [0.29, 0.717) is 0 Å². The average Bonchev–Trinajstić information content (AvgIpc) is 3.07. The van der Waals surface area contributed by atoms with Gasteiger partial charge in [0.15, 0.2) is 0 Å². The van der Waals surface area contributed by atoms with Crippen LogP contribution in [0.15, 0.2) is 103 Å². The molecule has 1 unspecified atom stereocenters. The number of hydrogen-bond donors (Lipinski definition) is 1. The smallest absolute Gasteiger partial charge is 0.243 e. The summed E-state index contributed by atoms with van der Waals surface area (Å²) in [4.78, 5) is 15.3. The Morgan fingerprint density at radius 2 is 1.38 bits per heavy atom. The van der Waals surface area contributed by atoms with E-state index in [4.69, 9.17) is 0 Å². The van der Waals surface area contributed by atoms with E-state index in [1.807, 2.05) is 97.1 Å². The fraction of sp³-hybridized carbons (Fsp3) is 0.0385. The lowest BCUT2D eigenvalue weighted by molar-refractivity contribution is -0.117. The second-order valence-corrected chi connectivity index (χ2v) is 7.14. The van der Waals surface area contributed by atoms with Gasteiger partial charge in [-0.15, -0.1) is 0 Å². The van der Waals surface area contributed by atoms with Crippen LogP contribution in [0.2, 0.25) is 0 Å². The van der Waals surface area contributed by atoms with Crippen LogP contribution in [-0.4, -0.2) is 11.0 Å². The molecule has 3 heteroatoms. The summed E-state index contributed by atoms with van der Waals surface area (Å²) in [6.07, 6.45) is 0. The SMILES string of the molecule is O=C1C(c2ccc(O)c(-c3ccccc3)c2)c2ccccc2N1c1ccccc1. The minimum atomic E-state index is -0.408. The van der Waals surface area contributed by atoms with E-state index in [1.165, 1.54) is 0 Å². The molecule has 5 rings (SSSR count). The number of aromatic hydroxyl groups is 1. The Balaban J connectivity index is 1.65. The number of phenols is 1. The first kappa shape index (κ1) is 17.3. The third kappa shape index (κ3) is 2.88. The largest absolute Gasteiger partial charge is 0.507 e. The summed E-state index contributed by atoms with van der Waals surface area (Å²) >= 11 is 0. The van der Waals surface area contributed by atoms with Gasteiger partial charge in [0.1, 0.15) is 5.75 Å². The third-order valence-corrected chi connectivity index (χ3v) is 5.41. The summed E-state index contributed by atoms with van der Waals surface area (Å²) in [7, 11) is 0. The molecule has 0 fully saturated rings. The highest BCUT2D eigenvalue weighted by molar-refractivity contribution is 6.12. The maximum Gasteiger partial charge on any atom is 0.243 e. The maximum absolute atomic E-state index is 13.6. The highest BCUT2D eigenvalue weighted by Gasteiger charge is 2.39. The Labute approximate surface area is 169 Å². The molecule has 4 aromatic carbocycles. The zero-order chi connectivity index (χ0) is 19.8. The molecule has 0 radical (unpaired) electrons. The van der Waals surface area contributed by atoms with E-state index in [9.17, 15) is 9.90 Å². The minimum absolute atomic E-state index is 0.0158. The molecule has 0 saturated carbocycles. The fourth-order valence-electron chi connectivity index (χ4n) is 4.06. The maximum atomic E-state index is 13.6. The molecular weight excluding hydrogens is 358 g/mol. The van der Waals surface area contributed by atoms with Gasteiger partial charge in [0.05, 0.1) is 11.6 Å². The number of carbonyl (C=O) groups excluding carboxylic acids is 1. The van der Waals surface area contributed by atoms with Crippen LogP contribution in [0.1, 0.15) is 17.0 Å². The van der Waals surface area contributed by atoms with Gasteiger partial charge in [0.2, 0.25) is 5.91 Å². The Bertz CT molecular complexity index is 1190. The summed E-state index contributed by atoms with van der Waals surface area (Å²) < 4.78 is 0. The third-order valence-electron chi connectivity index (χ3n) is 5.41. The van der Waals surface area contributed by atoms with E-state index < -0.39 is 5.92 Å². The molecule has 0 bridgehead atoms. The number of phenolic OH excluding ortho intramolecular Hbond substituents is 1. The van der Waals surface area contributed by atoms with E-state index in [1.54, 1.807) is 11.0 Å². The number of nitrogens with zero attached hydrogens (tertiary/aromatic N) is 1. The molecule has 0 spiro atoms. The first-order valence-corrected chi connectivity index (χ1v) is 9.60. The number of para-hydroxylation sites is 2. The van der Waals surface area contributed by atoms with Gasteiger partial charge in [-0.25, -0.2) is 0 Å². The molecule has 4 aromatic rings.